The standard InChI is InChI=1S/C20H22N2O/c1-21(2)14-13-18(23)19-16-11-7-8-12-17(16)22(3)20(19)15-9-5-4-6-10-15/h4-12H,13-14H2,1-3H3. The van der Waals surface area contributed by atoms with E-state index in [0.717, 1.165) is 34.3 Å². The van der Waals surface area contributed by atoms with E-state index in [-0.39, 0.29) is 5.78 Å². The van der Waals surface area contributed by atoms with Gasteiger partial charge in [-0.2, -0.15) is 0 Å². The highest BCUT2D eigenvalue weighted by Gasteiger charge is 2.21. The molecule has 0 aliphatic rings. The molecule has 0 fully saturated rings. The number of benzene rings is 2. The van der Waals surface area contributed by atoms with Crippen molar-refractivity contribution in [3.8, 4) is 11.3 Å². The number of para-hydroxylation sites is 1. The van der Waals surface area contributed by atoms with Gasteiger partial charge in [0.1, 0.15) is 0 Å². The highest BCUT2D eigenvalue weighted by atomic mass is 16.1. The van der Waals surface area contributed by atoms with Crippen molar-refractivity contribution < 1.29 is 4.79 Å². The maximum Gasteiger partial charge on any atom is 0.166 e. The van der Waals surface area contributed by atoms with Gasteiger partial charge in [-0.25, -0.2) is 0 Å². The van der Waals surface area contributed by atoms with E-state index in [0.29, 0.717) is 6.42 Å². The zero-order valence-corrected chi connectivity index (χ0v) is 13.9. The first kappa shape index (κ1) is 15.5. The average Bonchev–Trinajstić information content (AvgIpc) is 2.87. The normalized spacial score (nSPS) is 11.3. The minimum Gasteiger partial charge on any atom is -0.343 e. The maximum atomic E-state index is 12.9. The van der Waals surface area contributed by atoms with Crippen LogP contribution < -0.4 is 0 Å². The Bertz CT molecular complexity index is 831. The smallest absolute Gasteiger partial charge is 0.166 e. The summed E-state index contributed by atoms with van der Waals surface area (Å²) in [6.45, 7) is 0.760. The number of aryl methyl sites for hydroxylation is 1. The van der Waals surface area contributed by atoms with E-state index in [1.807, 2.05) is 62.4 Å². The maximum absolute atomic E-state index is 12.9. The third-order valence-electron chi connectivity index (χ3n) is 4.22. The zero-order chi connectivity index (χ0) is 16.4. The van der Waals surface area contributed by atoms with Crippen LogP contribution in [0, 0.1) is 0 Å². The fourth-order valence-electron chi connectivity index (χ4n) is 3.06. The van der Waals surface area contributed by atoms with Crippen LogP contribution in [-0.2, 0) is 7.05 Å². The van der Waals surface area contributed by atoms with Crippen LogP contribution in [0.1, 0.15) is 16.8 Å². The zero-order valence-electron chi connectivity index (χ0n) is 13.9. The van der Waals surface area contributed by atoms with Crippen LogP contribution in [0.3, 0.4) is 0 Å². The first-order chi connectivity index (χ1) is 11.1. The Balaban J connectivity index is 2.20. The van der Waals surface area contributed by atoms with Crippen molar-refractivity contribution in [3.05, 3.63) is 60.2 Å². The number of ketones is 1. The molecule has 0 N–H and O–H groups in total. The fourth-order valence-corrected chi connectivity index (χ4v) is 3.06. The van der Waals surface area contributed by atoms with Gasteiger partial charge in [-0.1, -0.05) is 48.5 Å². The van der Waals surface area contributed by atoms with Gasteiger partial charge in [-0.3, -0.25) is 4.79 Å². The molecule has 0 amide bonds. The molecule has 3 heteroatoms. The summed E-state index contributed by atoms with van der Waals surface area (Å²) >= 11 is 0. The third-order valence-corrected chi connectivity index (χ3v) is 4.22. The van der Waals surface area contributed by atoms with Crippen LogP contribution >= 0.6 is 0 Å². The number of aromatic nitrogens is 1. The molecule has 2 aromatic carbocycles. The molecular formula is C20H22N2O. The van der Waals surface area contributed by atoms with Crippen LogP contribution in [0.15, 0.2) is 54.6 Å². The van der Waals surface area contributed by atoms with E-state index < -0.39 is 0 Å². The van der Waals surface area contributed by atoms with Gasteiger partial charge in [0.2, 0.25) is 0 Å². The lowest BCUT2D eigenvalue weighted by atomic mass is 10.00. The van der Waals surface area contributed by atoms with Crippen molar-refractivity contribution in [2.45, 2.75) is 6.42 Å². The summed E-state index contributed by atoms with van der Waals surface area (Å²) in [5.74, 6) is 0.203. The summed E-state index contributed by atoms with van der Waals surface area (Å²) in [6, 6.07) is 18.3. The topological polar surface area (TPSA) is 25.2 Å². The van der Waals surface area contributed by atoms with Crippen molar-refractivity contribution in [2.24, 2.45) is 7.05 Å². The molecule has 0 unspecified atom stereocenters. The van der Waals surface area contributed by atoms with Gasteiger partial charge in [0.15, 0.2) is 5.78 Å². The first-order valence-electron chi connectivity index (χ1n) is 7.90. The van der Waals surface area contributed by atoms with E-state index in [2.05, 4.69) is 22.8 Å². The molecule has 0 aliphatic heterocycles. The lowest BCUT2D eigenvalue weighted by molar-refractivity contribution is 0.0974. The van der Waals surface area contributed by atoms with Crippen molar-refractivity contribution in [2.75, 3.05) is 20.6 Å². The van der Waals surface area contributed by atoms with Crippen LogP contribution in [0.4, 0.5) is 0 Å². The summed E-state index contributed by atoms with van der Waals surface area (Å²) in [4.78, 5) is 15.0. The van der Waals surface area contributed by atoms with Crippen LogP contribution in [0.2, 0.25) is 0 Å². The van der Waals surface area contributed by atoms with Crippen molar-refractivity contribution in [1.29, 1.82) is 0 Å². The van der Waals surface area contributed by atoms with E-state index in [1.54, 1.807) is 0 Å². The molecule has 3 nitrogen and oxygen atoms in total. The molecule has 0 atom stereocenters. The van der Waals surface area contributed by atoms with Crippen LogP contribution in [0.25, 0.3) is 22.2 Å². The SMILES string of the molecule is CN(C)CCC(=O)c1c(-c2ccccc2)n(C)c2ccccc12. The minimum atomic E-state index is 0.203. The summed E-state index contributed by atoms with van der Waals surface area (Å²) in [5.41, 5.74) is 4.03. The van der Waals surface area contributed by atoms with E-state index in [4.69, 9.17) is 0 Å². The quantitative estimate of drug-likeness (QED) is 0.666. The largest absolute Gasteiger partial charge is 0.343 e. The van der Waals surface area contributed by atoms with Gasteiger partial charge >= 0.3 is 0 Å². The monoisotopic (exact) mass is 306 g/mol. The molecule has 3 rings (SSSR count). The third kappa shape index (κ3) is 2.92. The number of carbonyl (C=O) groups is 1. The Morgan fingerprint density at radius 1 is 1.00 bits per heavy atom. The molecule has 0 radical (unpaired) electrons. The molecule has 0 bridgehead atoms. The number of hydrogen-bond acceptors (Lipinski definition) is 2. The summed E-state index contributed by atoms with van der Waals surface area (Å²) in [6.07, 6.45) is 0.529. The summed E-state index contributed by atoms with van der Waals surface area (Å²) < 4.78 is 2.13. The van der Waals surface area contributed by atoms with Crippen molar-refractivity contribution in [3.63, 3.8) is 0 Å². The van der Waals surface area contributed by atoms with Gasteiger partial charge in [-0.05, 0) is 25.7 Å². The summed E-state index contributed by atoms with van der Waals surface area (Å²) in [7, 11) is 6.02. The highest BCUT2D eigenvalue weighted by Crippen LogP contribution is 2.33. The van der Waals surface area contributed by atoms with E-state index >= 15 is 0 Å². The van der Waals surface area contributed by atoms with Crippen molar-refractivity contribution >= 4 is 16.7 Å². The van der Waals surface area contributed by atoms with Crippen LogP contribution in [-0.4, -0.2) is 35.9 Å². The van der Waals surface area contributed by atoms with Gasteiger partial charge in [-0.15, -0.1) is 0 Å². The Morgan fingerprint density at radius 2 is 1.65 bits per heavy atom. The molecule has 1 heterocycles. The number of Topliss-reactive ketones (excluding diaryl/α,β-unsaturated/α-hetero) is 1. The van der Waals surface area contributed by atoms with E-state index in [1.165, 1.54) is 0 Å². The molecule has 0 saturated carbocycles. The fraction of sp³-hybridized carbons (Fsp3) is 0.250. The number of hydrogen-bond donors (Lipinski definition) is 0. The minimum absolute atomic E-state index is 0.203. The second-order valence-electron chi connectivity index (χ2n) is 6.14. The second kappa shape index (κ2) is 6.39. The van der Waals surface area contributed by atoms with Gasteiger partial charge in [0.25, 0.3) is 0 Å². The van der Waals surface area contributed by atoms with E-state index in [9.17, 15) is 4.79 Å². The lowest BCUT2D eigenvalue weighted by Crippen LogP contribution is -2.17. The predicted octanol–water partition coefficient (Wildman–Crippen LogP) is 3.98. The molecule has 0 aliphatic carbocycles. The highest BCUT2D eigenvalue weighted by molar-refractivity contribution is 6.13. The molecule has 1 aromatic heterocycles. The number of carbonyl (C=O) groups excluding carboxylic acids is 1. The number of rotatable bonds is 5. The molecule has 23 heavy (non-hydrogen) atoms. The summed E-state index contributed by atoms with van der Waals surface area (Å²) in [5, 5.41) is 1.04. The average molecular weight is 306 g/mol. The van der Waals surface area contributed by atoms with Gasteiger partial charge in [0.05, 0.1) is 11.3 Å². The lowest BCUT2D eigenvalue weighted by Gasteiger charge is -2.10. The van der Waals surface area contributed by atoms with Crippen LogP contribution in [0.5, 0.6) is 0 Å². The first-order valence-corrected chi connectivity index (χ1v) is 7.90. The van der Waals surface area contributed by atoms with Gasteiger partial charge in [0, 0.05) is 30.9 Å². The predicted molar refractivity (Wildman–Crippen MR) is 95.9 cm³/mol. The number of nitrogens with zero attached hydrogens (tertiary/aromatic N) is 2. The molecule has 3 aromatic rings. The Morgan fingerprint density at radius 3 is 2.35 bits per heavy atom. The Labute approximate surface area is 137 Å². The number of fused-ring (bicyclic) bond motifs is 1. The van der Waals surface area contributed by atoms with Crippen molar-refractivity contribution in [1.82, 2.24) is 9.47 Å². The Hall–Kier alpha value is -2.39. The molecule has 118 valence electrons. The second-order valence-corrected chi connectivity index (χ2v) is 6.14. The van der Waals surface area contributed by atoms with Gasteiger partial charge < -0.3 is 9.47 Å². The Kier molecular flexibility index (Phi) is 4.30. The molecule has 0 spiro atoms. The molecular weight excluding hydrogens is 284 g/mol. The molecule has 0 saturated heterocycles.